The number of rotatable bonds is 1. The average Bonchev–Trinajstić information content (AvgIpc) is 2.30. The minimum Gasteiger partial charge on any atom is -0.349 e. The van der Waals surface area contributed by atoms with Crippen LogP contribution in [0.15, 0.2) is 0 Å². The van der Waals surface area contributed by atoms with Gasteiger partial charge >= 0.3 is 0 Å². The quantitative estimate of drug-likeness (QED) is 0.518. The van der Waals surface area contributed by atoms with Crippen molar-refractivity contribution >= 4 is 0 Å². The molecule has 2 rings (SSSR count). The molecule has 2 aliphatic heterocycles. The van der Waals surface area contributed by atoms with Crippen molar-refractivity contribution in [3.8, 4) is 0 Å². The van der Waals surface area contributed by atoms with Crippen LogP contribution in [0.2, 0.25) is 0 Å². The lowest BCUT2D eigenvalue weighted by molar-refractivity contribution is -0.107. The van der Waals surface area contributed by atoms with Gasteiger partial charge < -0.3 is 9.47 Å². The Morgan fingerprint density at radius 1 is 1.50 bits per heavy atom. The van der Waals surface area contributed by atoms with Gasteiger partial charge in [0.1, 0.15) is 0 Å². The summed E-state index contributed by atoms with van der Waals surface area (Å²) in [6.45, 7) is 6.08. The Kier molecular flexibility index (Phi) is 1.64. The van der Waals surface area contributed by atoms with Crippen molar-refractivity contribution in [3.05, 3.63) is 0 Å². The van der Waals surface area contributed by atoms with Crippen molar-refractivity contribution in [1.29, 1.82) is 0 Å². The Balaban J connectivity index is 1.96. The number of likely N-dealkylation sites (N-methyl/N-ethyl adjacent to an activating group) is 1. The number of fused-ring (bicyclic) bond motifs is 2. The highest BCUT2D eigenvalue weighted by Crippen LogP contribution is 2.18. The van der Waals surface area contributed by atoms with E-state index >= 15 is 0 Å². The van der Waals surface area contributed by atoms with Crippen molar-refractivity contribution < 1.29 is 9.47 Å². The van der Waals surface area contributed by atoms with E-state index < -0.39 is 0 Å². The van der Waals surface area contributed by atoms with Crippen molar-refractivity contribution in [3.63, 3.8) is 0 Å². The first-order valence-electron chi connectivity index (χ1n) is 3.88. The third-order valence-corrected chi connectivity index (χ3v) is 2.13. The molecule has 0 spiro atoms. The first kappa shape index (κ1) is 6.58. The Morgan fingerprint density at radius 2 is 2.40 bits per heavy atom. The second-order valence-electron chi connectivity index (χ2n) is 2.87. The highest BCUT2D eigenvalue weighted by Gasteiger charge is 2.33. The topological polar surface area (TPSA) is 21.7 Å². The fourth-order valence-corrected chi connectivity index (χ4v) is 1.53. The normalized spacial score (nSPS) is 40.5. The predicted octanol–water partition coefficient (Wildman–Crippen LogP) is 0.0634. The van der Waals surface area contributed by atoms with Gasteiger partial charge in [0.15, 0.2) is 6.29 Å². The van der Waals surface area contributed by atoms with E-state index in [1.54, 1.807) is 0 Å². The molecule has 3 nitrogen and oxygen atoms in total. The molecule has 0 saturated carbocycles. The zero-order valence-corrected chi connectivity index (χ0v) is 6.25. The van der Waals surface area contributed by atoms with Crippen LogP contribution in [-0.2, 0) is 9.47 Å². The van der Waals surface area contributed by atoms with E-state index in [1.807, 2.05) is 0 Å². The highest BCUT2D eigenvalue weighted by atomic mass is 16.7. The van der Waals surface area contributed by atoms with Crippen LogP contribution in [0.5, 0.6) is 0 Å². The maximum atomic E-state index is 5.47. The lowest BCUT2D eigenvalue weighted by Gasteiger charge is -2.28. The standard InChI is InChI=1S/C7H13NO2/c1-2-8-3-6-5-9-7(4-8)10-6/h6-7H,2-5H2,1H3/t6-,7+/m1/s1. The predicted molar refractivity (Wildman–Crippen MR) is 36.7 cm³/mol. The summed E-state index contributed by atoms with van der Waals surface area (Å²) >= 11 is 0. The highest BCUT2D eigenvalue weighted by molar-refractivity contribution is 4.77. The summed E-state index contributed by atoms with van der Waals surface area (Å²) < 4.78 is 10.8. The molecular weight excluding hydrogens is 130 g/mol. The summed E-state index contributed by atoms with van der Waals surface area (Å²) in [6, 6.07) is 0. The molecule has 0 amide bonds. The van der Waals surface area contributed by atoms with Gasteiger partial charge in [-0.1, -0.05) is 6.92 Å². The van der Waals surface area contributed by atoms with Gasteiger partial charge in [0, 0.05) is 13.1 Å². The SMILES string of the molecule is CCN1C[C@@H]2CO[C@H](C1)O2. The molecule has 0 aromatic carbocycles. The summed E-state index contributed by atoms with van der Waals surface area (Å²) in [4.78, 5) is 2.37. The summed E-state index contributed by atoms with van der Waals surface area (Å²) in [5, 5.41) is 0. The van der Waals surface area contributed by atoms with Gasteiger partial charge in [-0.05, 0) is 6.54 Å². The Morgan fingerprint density at radius 3 is 3.10 bits per heavy atom. The Labute approximate surface area is 60.9 Å². The van der Waals surface area contributed by atoms with E-state index in [9.17, 15) is 0 Å². The zero-order chi connectivity index (χ0) is 6.97. The van der Waals surface area contributed by atoms with Gasteiger partial charge in [-0.15, -0.1) is 0 Å². The molecule has 3 heteroatoms. The van der Waals surface area contributed by atoms with E-state index in [4.69, 9.17) is 9.47 Å². The van der Waals surface area contributed by atoms with E-state index in [0.717, 1.165) is 26.2 Å². The van der Waals surface area contributed by atoms with Gasteiger partial charge in [0.05, 0.1) is 12.7 Å². The molecule has 0 aromatic heterocycles. The van der Waals surface area contributed by atoms with Crippen LogP contribution in [0.3, 0.4) is 0 Å². The Hall–Kier alpha value is -0.120. The van der Waals surface area contributed by atoms with Crippen molar-refractivity contribution in [1.82, 2.24) is 4.90 Å². The van der Waals surface area contributed by atoms with Crippen molar-refractivity contribution in [2.75, 3.05) is 26.2 Å². The number of hydrogen-bond donors (Lipinski definition) is 0. The molecular formula is C7H13NO2. The van der Waals surface area contributed by atoms with Crippen LogP contribution in [0.4, 0.5) is 0 Å². The van der Waals surface area contributed by atoms with Crippen LogP contribution in [0.1, 0.15) is 6.92 Å². The molecule has 58 valence electrons. The summed E-state index contributed by atoms with van der Waals surface area (Å²) in [5.41, 5.74) is 0. The van der Waals surface area contributed by atoms with E-state index in [2.05, 4.69) is 11.8 Å². The maximum absolute atomic E-state index is 5.47. The van der Waals surface area contributed by atoms with Crippen LogP contribution in [0.25, 0.3) is 0 Å². The molecule has 10 heavy (non-hydrogen) atoms. The molecule has 2 heterocycles. The molecule has 0 aliphatic carbocycles. The maximum Gasteiger partial charge on any atom is 0.170 e. The third kappa shape index (κ3) is 1.05. The van der Waals surface area contributed by atoms with Crippen molar-refractivity contribution in [2.24, 2.45) is 0 Å². The second kappa shape index (κ2) is 2.49. The molecule has 0 N–H and O–H groups in total. The molecule has 2 fully saturated rings. The molecule has 0 radical (unpaired) electrons. The Bertz CT molecular complexity index is 117. The molecule has 2 bridgehead atoms. The zero-order valence-electron chi connectivity index (χ0n) is 6.25. The van der Waals surface area contributed by atoms with Gasteiger partial charge in [-0.25, -0.2) is 0 Å². The lowest BCUT2D eigenvalue weighted by Crippen LogP contribution is -2.42. The summed E-state index contributed by atoms with van der Waals surface area (Å²) in [7, 11) is 0. The number of ether oxygens (including phenoxy) is 2. The van der Waals surface area contributed by atoms with Gasteiger partial charge in [-0.2, -0.15) is 0 Å². The van der Waals surface area contributed by atoms with Crippen LogP contribution < -0.4 is 0 Å². The third-order valence-electron chi connectivity index (χ3n) is 2.13. The molecule has 2 saturated heterocycles. The van der Waals surface area contributed by atoms with E-state index in [0.29, 0.717) is 6.10 Å². The van der Waals surface area contributed by atoms with Crippen molar-refractivity contribution in [2.45, 2.75) is 19.3 Å². The van der Waals surface area contributed by atoms with Crippen LogP contribution in [-0.4, -0.2) is 43.5 Å². The smallest absolute Gasteiger partial charge is 0.170 e. The molecule has 0 unspecified atom stereocenters. The molecule has 2 atom stereocenters. The first-order valence-corrected chi connectivity index (χ1v) is 3.88. The van der Waals surface area contributed by atoms with Crippen LogP contribution in [0, 0.1) is 0 Å². The lowest BCUT2D eigenvalue weighted by atomic mass is 10.3. The van der Waals surface area contributed by atoms with Gasteiger partial charge in [0.2, 0.25) is 0 Å². The summed E-state index contributed by atoms with van der Waals surface area (Å²) in [6.07, 6.45) is 0.414. The van der Waals surface area contributed by atoms with Crippen LogP contribution >= 0.6 is 0 Å². The number of morpholine rings is 1. The molecule has 2 aliphatic rings. The largest absolute Gasteiger partial charge is 0.349 e. The number of nitrogens with zero attached hydrogens (tertiary/aromatic N) is 1. The minimum absolute atomic E-state index is 0.0682. The van der Waals surface area contributed by atoms with E-state index in [1.165, 1.54) is 0 Å². The first-order chi connectivity index (χ1) is 4.88. The number of hydrogen-bond acceptors (Lipinski definition) is 3. The van der Waals surface area contributed by atoms with Gasteiger partial charge in [-0.3, -0.25) is 4.90 Å². The average molecular weight is 143 g/mol. The summed E-state index contributed by atoms with van der Waals surface area (Å²) in [5.74, 6) is 0. The van der Waals surface area contributed by atoms with E-state index in [-0.39, 0.29) is 6.29 Å². The monoisotopic (exact) mass is 143 g/mol. The second-order valence-corrected chi connectivity index (χ2v) is 2.87. The fourth-order valence-electron chi connectivity index (χ4n) is 1.53. The fraction of sp³-hybridized carbons (Fsp3) is 1.00. The van der Waals surface area contributed by atoms with Gasteiger partial charge in [0.25, 0.3) is 0 Å². The molecule has 0 aromatic rings. The minimum atomic E-state index is 0.0682.